The lowest BCUT2D eigenvalue weighted by Crippen LogP contribution is -2.64. The molecular formula is C22H28Cl2N4O7. The number of aldehydes is 1. The van der Waals surface area contributed by atoms with E-state index in [0.29, 0.717) is 12.8 Å². The molecule has 0 aromatic heterocycles. The monoisotopic (exact) mass is 530 g/mol. The fraction of sp³-hybridized carbons (Fsp3) is 0.500. The van der Waals surface area contributed by atoms with Crippen LogP contribution >= 0.6 is 23.2 Å². The van der Waals surface area contributed by atoms with Crippen LogP contribution in [0.2, 0.25) is 10.0 Å². The van der Waals surface area contributed by atoms with Gasteiger partial charge in [-0.25, -0.2) is 0 Å². The van der Waals surface area contributed by atoms with E-state index < -0.39 is 48.2 Å². The lowest BCUT2D eigenvalue weighted by Gasteiger charge is -2.38. The van der Waals surface area contributed by atoms with Crippen molar-refractivity contribution in [2.24, 2.45) is 5.92 Å². The Morgan fingerprint density at radius 3 is 2.37 bits per heavy atom. The Bertz CT molecular complexity index is 966. The number of carboxylic acid groups (broad SMARTS) is 1. The number of hydrogen-bond acceptors (Lipinski definition) is 7. The summed E-state index contributed by atoms with van der Waals surface area (Å²) in [6.07, 6.45) is -0.252. The summed E-state index contributed by atoms with van der Waals surface area (Å²) in [5, 5.41) is 17.2. The maximum Gasteiger partial charge on any atom is 0.305 e. The summed E-state index contributed by atoms with van der Waals surface area (Å²) in [5.74, 6) is -3.15. The maximum absolute atomic E-state index is 13.5. The van der Waals surface area contributed by atoms with E-state index >= 15 is 0 Å². The van der Waals surface area contributed by atoms with Crippen molar-refractivity contribution >= 4 is 53.2 Å². The number of carbonyl (C=O) groups is 5. The molecule has 1 aliphatic rings. The molecule has 11 nitrogen and oxygen atoms in total. The number of nitrogens with one attached hydrogen (secondary N) is 3. The van der Waals surface area contributed by atoms with Gasteiger partial charge in [0.05, 0.1) is 29.6 Å². The number of aliphatic carboxylic acids is 1. The fourth-order valence-corrected chi connectivity index (χ4v) is 4.25. The van der Waals surface area contributed by atoms with Gasteiger partial charge in [0, 0.05) is 25.2 Å². The number of hydrogen-bond donors (Lipinski definition) is 4. The van der Waals surface area contributed by atoms with Crippen molar-refractivity contribution in [1.82, 2.24) is 20.9 Å². The summed E-state index contributed by atoms with van der Waals surface area (Å²) in [5.41, 5.74) is 0.122. The van der Waals surface area contributed by atoms with Gasteiger partial charge in [-0.05, 0) is 18.1 Å². The average molecular weight is 531 g/mol. The van der Waals surface area contributed by atoms with Crippen LogP contribution in [0.5, 0.6) is 5.75 Å². The Morgan fingerprint density at radius 1 is 1.23 bits per heavy atom. The minimum atomic E-state index is -1.25. The van der Waals surface area contributed by atoms with Gasteiger partial charge in [0.25, 0.3) is 5.91 Å². The molecule has 0 bridgehead atoms. The molecule has 3 atom stereocenters. The largest absolute Gasteiger partial charge is 0.494 e. The maximum atomic E-state index is 13.5. The molecule has 1 aromatic rings. The molecule has 35 heavy (non-hydrogen) atoms. The number of piperazine rings is 1. The fourth-order valence-electron chi connectivity index (χ4n) is 3.61. The van der Waals surface area contributed by atoms with Gasteiger partial charge >= 0.3 is 5.97 Å². The van der Waals surface area contributed by atoms with Crippen molar-refractivity contribution in [2.45, 2.75) is 38.4 Å². The zero-order valence-electron chi connectivity index (χ0n) is 19.5. The zero-order valence-corrected chi connectivity index (χ0v) is 21.0. The second-order valence-electron chi connectivity index (χ2n) is 8.27. The van der Waals surface area contributed by atoms with E-state index in [1.54, 1.807) is 13.8 Å². The van der Waals surface area contributed by atoms with E-state index in [0.717, 1.165) is 0 Å². The Balaban J connectivity index is 2.22. The molecule has 1 aromatic carbocycles. The number of nitrogens with zero attached hydrogens (tertiary/aromatic N) is 1. The summed E-state index contributed by atoms with van der Waals surface area (Å²) >= 11 is 12.2. The Hall–Kier alpha value is -2.89. The van der Waals surface area contributed by atoms with E-state index in [1.807, 2.05) is 0 Å². The summed E-state index contributed by atoms with van der Waals surface area (Å²) < 4.78 is 5.08. The van der Waals surface area contributed by atoms with E-state index in [9.17, 15) is 24.0 Å². The lowest BCUT2D eigenvalue weighted by atomic mass is 10.00. The number of carbonyl (C=O) groups excluding carboxylic acids is 4. The highest BCUT2D eigenvalue weighted by Gasteiger charge is 2.38. The first-order chi connectivity index (χ1) is 16.5. The van der Waals surface area contributed by atoms with Crippen molar-refractivity contribution < 1.29 is 33.8 Å². The number of benzene rings is 1. The number of methoxy groups -OCH3 is 1. The van der Waals surface area contributed by atoms with E-state index in [-0.39, 0.29) is 40.4 Å². The number of carboxylic acids is 1. The third-order valence-electron chi connectivity index (χ3n) is 5.40. The van der Waals surface area contributed by atoms with Gasteiger partial charge in [0.2, 0.25) is 11.8 Å². The molecule has 0 saturated carbocycles. The van der Waals surface area contributed by atoms with Gasteiger partial charge in [-0.15, -0.1) is 0 Å². The summed E-state index contributed by atoms with van der Waals surface area (Å²) in [4.78, 5) is 62.6. The van der Waals surface area contributed by atoms with Crippen LogP contribution in [-0.2, 0) is 19.2 Å². The quantitative estimate of drug-likeness (QED) is 0.322. The smallest absolute Gasteiger partial charge is 0.305 e. The Labute approximate surface area is 212 Å². The number of rotatable bonds is 10. The third kappa shape index (κ3) is 7.30. The zero-order chi connectivity index (χ0) is 26.3. The molecule has 13 heteroatoms. The number of amides is 3. The normalized spacial score (nSPS) is 17.3. The van der Waals surface area contributed by atoms with Crippen molar-refractivity contribution in [3.8, 4) is 5.75 Å². The molecule has 1 fully saturated rings. The minimum Gasteiger partial charge on any atom is -0.494 e. The first kappa shape index (κ1) is 28.3. The van der Waals surface area contributed by atoms with Crippen molar-refractivity contribution in [3.05, 3.63) is 27.7 Å². The highest BCUT2D eigenvalue weighted by atomic mass is 35.5. The predicted octanol–water partition coefficient (Wildman–Crippen LogP) is 0.715. The molecule has 0 aliphatic carbocycles. The van der Waals surface area contributed by atoms with E-state index in [4.69, 9.17) is 33.0 Å². The van der Waals surface area contributed by atoms with Crippen molar-refractivity contribution in [2.75, 3.05) is 26.7 Å². The van der Waals surface area contributed by atoms with Gasteiger partial charge in [0.15, 0.2) is 5.75 Å². The molecule has 1 saturated heterocycles. The first-order valence-corrected chi connectivity index (χ1v) is 11.6. The van der Waals surface area contributed by atoms with Gasteiger partial charge in [-0.2, -0.15) is 0 Å². The standard InChI is InChI=1S/C22H28Cl2N4O7/c1-11(2)18(27-20(32)12-6-14(23)19(35-3)15(24)7-12)22(34)28-5-4-25-9-16(28)21(33)26-13(10-29)8-17(30)31/h6-7,10-11,13,16,18,25H,4-5,8-9H2,1-3H3,(H,26,33)(H,27,32)(H,30,31)/t13-,16?,18-/m0/s1. The summed E-state index contributed by atoms with van der Waals surface area (Å²) in [6.45, 7) is 4.15. The molecule has 1 aliphatic heterocycles. The molecule has 3 amide bonds. The van der Waals surface area contributed by atoms with Gasteiger partial charge in [-0.3, -0.25) is 19.2 Å². The Morgan fingerprint density at radius 2 is 1.86 bits per heavy atom. The first-order valence-electron chi connectivity index (χ1n) is 10.8. The molecule has 0 radical (unpaired) electrons. The van der Waals surface area contributed by atoms with Crippen LogP contribution < -0.4 is 20.7 Å². The molecule has 1 unspecified atom stereocenters. The van der Waals surface area contributed by atoms with Gasteiger partial charge in [-0.1, -0.05) is 37.0 Å². The Kier molecular flexibility index (Phi) is 10.3. The minimum absolute atomic E-state index is 0.0959. The van der Waals surface area contributed by atoms with Crippen molar-refractivity contribution in [3.63, 3.8) is 0 Å². The molecular weight excluding hydrogens is 503 g/mol. The average Bonchev–Trinajstić information content (AvgIpc) is 2.80. The topological polar surface area (TPSA) is 154 Å². The SMILES string of the molecule is COc1c(Cl)cc(C(=O)N[C@H](C(=O)N2CCNCC2C(=O)N[C@H](C=O)CC(=O)O)C(C)C)cc1Cl. The predicted molar refractivity (Wildman–Crippen MR) is 128 cm³/mol. The molecule has 192 valence electrons. The number of ether oxygens (including phenoxy) is 1. The highest BCUT2D eigenvalue weighted by Crippen LogP contribution is 2.33. The van der Waals surface area contributed by atoms with Gasteiger partial charge in [0.1, 0.15) is 18.4 Å². The lowest BCUT2D eigenvalue weighted by molar-refractivity contribution is -0.145. The van der Waals surface area contributed by atoms with Crippen LogP contribution in [-0.4, -0.2) is 84.9 Å². The van der Waals surface area contributed by atoms with Crippen molar-refractivity contribution in [1.29, 1.82) is 0 Å². The number of halogens is 2. The van der Waals surface area contributed by atoms with Gasteiger partial charge < -0.3 is 35.5 Å². The van der Waals surface area contributed by atoms with Crippen LogP contribution in [0.4, 0.5) is 0 Å². The molecule has 1 heterocycles. The van der Waals surface area contributed by atoms with E-state index in [1.165, 1.54) is 24.1 Å². The van der Waals surface area contributed by atoms with Crippen LogP contribution in [0.3, 0.4) is 0 Å². The molecule has 4 N–H and O–H groups in total. The third-order valence-corrected chi connectivity index (χ3v) is 5.96. The molecule has 2 rings (SSSR count). The van der Waals surface area contributed by atoms with Crippen LogP contribution in [0.15, 0.2) is 12.1 Å². The summed E-state index contributed by atoms with van der Waals surface area (Å²) in [7, 11) is 1.39. The highest BCUT2D eigenvalue weighted by molar-refractivity contribution is 6.37. The van der Waals surface area contributed by atoms with Crippen LogP contribution in [0.25, 0.3) is 0 Å². The van der Waals surface area contributed by atoms with Crippen LogP contribution in [0, 0.1) is 5.92 Å². The molecule has 0 spiro atoms. The van der Waals surface area contributed by atoms with E-state index in [2.05, 4.69) is 16.0 Å². The second kappa shape index (κ2) is 12.7. The summed E-state index contributed by atoms with van der Waals surface area (Å²) in [6, 6.07) is -0.491. The second-order valence-corrected chi connectivity index (χ2v) is 9.08. The van der Waals surface area contributed by atoms with Crippen LogP contribution in [0.1, 0.15) is 30.6 Å².